The molecule has 2 heterocycles. The van der Waals surface area contributed by atoms with Gasteiger partial charge in [0, 0.05) is 11.1 Å². The average Bonchev–Trinajstić information content (AvgIpc) is 3.23. The van der Waals surface area contributed by atoms with Crippen LogP contribution >= 0.6 is 23.1 Å². The molecule has 0 N–H and O–H groups in total. The third kappa shape index (κ3) is 3.81. The van der Waals surface area contributed by atoms with Crippen LogP contribution in [-0.4, -0.2) is 36.7 Å². The molecule has 0 bridgehead atoms. The van der Waals surface area contributed by atoms with Gasteiger partial charge < -0.3 is 0 Å². The zero-order valence-electron chi connectivity index (χ0n) is 14.5. The number of carbonyl (C=O) groups is 1. The first-order chi connectivity index (χ1) is 12.5. The molecule has 0 aliphatic heterocycles. The highest BCUT2D eigenvalue weighted by molar-refractivity contribution is 7.99. The maximum absolute atomic E-state index is 12.5. The van der Waals surface area contributed by atoms with E-state index < -0.39 is 5.92 Å². The third-order valence-electron chi connectivity index (χ3n) is 3.70. The number of hydrogen-bond acceptors (Lipinski definition) is 8. The van der Waals surface area contributed by atoms with Gasteiger partial charge in [-0.25, -0.2) is 4.98 Å². The first-order valence-electron chi connectivity index (χ1n) is 7.82. The topological polar surface area (TPSA) is 97.4 Å². The zero-order valence-corrected chi connectivity index (χ0v) is 16.1. The van der Waals surface area contributed by atoms with Crippen LogP contribution in [0.3, 0.4) is 0 Å². The first kappa shape index (κ1) is 18.2. The Morgan fingerprint density at radius 2 is 2.19 bits per heavy atom. The largest absolute Gasteiger partial charge is 0.297 e. The Bertz CT molecular complexity index is 987. The number of nitriles is 1. The summed E-state index contributed by atoms with van der Waals surface area (Å²) in [4.78, 5) is 16.7. The lowest BCUT2D eigenvalue weighted by atomic mass is 10.1. The number of nitrogens with zero attached hydrogens (tertiary/aromatic N) is 6. The normalized spacial score (nSPS) is 11.9. The lowest BCUT2D eigenvalue weighted by Crippen LogP contribution is -2.14. The van der Waals surface area contributed by atoms with E-state index in [1.807, 2.05) is 50.4 Å². The fourth-order valence-corrected chi connectivity index (χ4v) is 4.10. The molecule has 0 saturated heterocycles. The number of rotatable bonds is 6. The predicted octanol–water partition coefficient (Wildman–Crippen LogP) is 3.01. The molecule has 0 radical (unpaired) electrons. The Morgan fingerprint density at radius 3 is 2.85 bits per heavy atom. The van der Waals surface area contributed by atoms with Gasteiger partial charge in [-0.2, -0.15) is 9.94 Å². The molecule has 0 aliphatic carbocycles. The van der Waals surface area contributed by atoms with Crippen molar-refractivity contribution in [1.29, 1.82) is 5.26 Å². The monoisotopic (exact) mass is 384 g/mol. The van der Waals surface area contributed by atoms with Crippen molar-refractivity contribution in [1.82, 2.24) is 25.2 Å². The number of hydrogen-bond donors (Lipinski definition) is 0. The number of carbonyl (C=O) groups excluding carboxylic acids is 1. The van der Waals surface area contributed by atoms with Crippen molar-refractivity contribution in [2.24, 2.45) is 0 Å². The van der Waals surface area contributed by atoms with Crippen LogP contribution in [0.1, 0.15) is 27.7 Å². The number of aryl methyl sites for hydroxylation is 3. The molecule has 1 aromatic carbocycles. The van der Waals surface area contributed by atoms with E-state index in [9.17, 15) is 10.1 Å². The molecule has 26 heavy (non-hydrogen) atoms. The summed E-state index contributed by atoms with van der Waals surface area (Å²) in [7, 11) is 0. The van der Waals surface area contributed by atoms with E-state index >= 15 is 0 Å². The smallest absolute Gasteiger partial charge is 0.214 e. The fraction of sp³-hybridized carbons (Fsp3) is 0.294. The molecule has 9 heteroatoms. The van der Waals surface area contributed by atoms with Crippen molar-refractivity contribution in [3.05, 3.63) is 45.4 Å². The maximum atomic E-state index is 12.5. The minimum atomic E-state index is -0.855. The molecular weight excluding hydrogens is 368 g/mol. The molecule has 0 fully saturated rings. The van der Waals surface area contributed by atoms with Gasteiger partial charge in [0.2, 0.25) is 5.16 Å². The predicted molar refractivity (Wildman–Crippen MR) is 99.6 cm³/mol. The summed E-state index contributed by atoms with van der Waals surface area (Å²) < 4.78 is 1.61. The van der Waals surface area contributed by atoms with E-state index in [1.165, 1.54) is 23.1 Å². The second kappa shape index (κ2) is 7.76. The molecule has 0 spiro atoms. The highest BCUT2D eigenvalue weighted by Gasteiger charge is 2.24. The highest BCUT2D eigenvalue weighted by atomic mass is 32.2. The summed E-state index contributed by atoms with van der Waals surface area (Å²) in [5.41, 5.74) is 3.87. The zero-order chi connectivity index (χ0) is 18.7. The molecule has 0 unspecified atom stereocenters. The van der Waals surface area contributed by atoms with E-state index in [1.54, 1.807) is 4.68 Å². The Hall–Kier alpha value is -2.57. The molecule has 0 saturated carbocycles. The standard InChI is InChI=1S/C17H16N6OS2/c1-10-4-5-14(11(2)6-10)23-17(20-21-22-23)26-9-15(24)13(7-18)16-19-12(3)8-25-16/h4-6,8,13H,9H2,1-3H3/t13-/m1/s1. The number of benzene rings is 1. The van der Waals surface area contributed by atoms with Gasteiger partial charge in [-0.15, -0.1) is 16.4 Å². The lowest BCUT2D eigenvalue weighted by Gasteiger charge is -2.08. The van der Waals surface area contributed by atoms with E-state index in [4.69, 9.17) is 0 Å². The van der Waals surface area contributed by atoms with Gasteiger partial charge in [0.15, 0.2) is 11.7 Å². The summed E-state index contributed by atoms with van der Waals surface area (Å²) in [6, 6.07) is 8.03. The van der Waals surface area contributed by atoms with Crippen LogP contribution in [0.25, 0.3) is 5.69 Å². The van der Waals surface area contributed by atoms with Crippen LogP contribution in [0.15, 0.2) is 28.7 Å². The van der Waals surface area contributed by atoms with Crippen molar-refractivity contribution in [2.75, 3.05) is 5.75 Å². The Morgan fingerprint density at radius 1 is 1.38 bits per heavy atom. The van der Waals surface area contributed by atoms with Gasteiger partial charge >= 0.3 is 0 Å². The Balaban J connectivity index is 1.76. The minimum absolute atomic E-state index is 0.0993. The molecule has 0 amide bonds. The van der Waals surface area contributed by atoms with Crippen LogP contribution in [0.4, 0.5) is 0 Å². The second-order valence-corrected chi connectivity index (χ2v) is 7.64. The van der Waals surface area contributed by atoms with Crippen molar-refractivity contribution >= 4 is 28.9 Å². The number of tetrazole rings is 1. The van der Waals surface area contributed by atoms with Gasteiger partial charge in [-0.1, -0.05) is 29.5 Å². The number of aromatic nitrogens is 5. The number of thioether (sulfide) groups is 1. The Kier molecular flexibility index (Phi) is 5.44. The molecule has 2 aromatic heterocycles. The number of ketones is 1. The van der Waals surface area contributed by atoms with E-state index in [0.717, 1.165) is 22.5 Å². The molecule has 0 aliphatic rings. The highest BCUT2D eigenvalue weighted by Crippen LogP contribution is 2.25. The van der Waals surface area contributed by atoms with Gasteiger partial charge in [-0.05, 0) is 42.8 Å². The van der Waals surface area contributed by atoms with Gasteiger partial charge in [0.25, 0.3) is 0 Å². The SMILES string of the molecule is Cc1ccc(-n2nnnc2SCC(=O)[C@@H](C#N)c2nc(C)cs2)c(C)c1. The summed E-state index contributed by atoms with van der Waals surface area (Å²) in [6.07, 6.45) is 0. The molecule has 1 atom stereocenters. The van der Waals surface area contributed by atoms with Gasteiger partial charge in [0.05, 0.1) is 17.5 Å². The molecule has 3 rings (SSSR count). The molecular formula is C17H16N6OS2. The van der Waals surface area contributed by atoms with Crippen molar-refractivity contribution in [2.45, 2.75) is 31.8 Å². The Labute approximate surface area is 159 Å². The summed E-state index contributed by atoms with van der Waals surface area (Å²) in [6.45, 7) is 5.85. The second-order valence-electron chi connectivity index (χ2n) is 5.81. The molecule has 7 nitrogen and oxygen atoms in total. The van der Waals surface area contributed by atoms with E-state index in [-0.39, 0.29) is 11.5 Å². The van der Waals surface area contributed by atoms with Crippen LogP contribution in [0, 0.1) is 32.1 Å². The van der Waals surface area contributed by atoms with Crippen LogP contribution in [0.2, 0.25) is 0 Å². The van der Waals surface area contributed by atoms with E-state index in [0.29, 0.717) is 10.2 Å². The summed E-state index contributed by atoms with van der Waals surface area (Å²) in [5, 5.41) is 24.0. The first-order valence-corrected chi connectivity index (χ1v) is 9.69. The van der Waals surface area contributed by atoms with Crippen molar-refractivity contribution < 1.29 is 4.79 Å². The lowest BCUT2D eigenvalue weighted by molar-refractivity contribution is -0.116. The third-order valence-corrected chi connectivity index (χ3v) is 5.67. The van der Waals surface area contributed by atoms with Crippen LogP contribution in [0.5, 0.6) is 0 Å². The van der Waals surface area contributed by atoms with Gasteiger partial charge in [-0.3, -0.25) is 4.79 Å². The van der Waals surface area contributed by atoms with Gasteiger partial charge in [0.1, 0.15) is 5.01 Å². The van der Waals surface area contributed by atoms with Crippen LogP contribution < -0.4 is 0 Å². The average molecular weight is 384 g/mol. The fourth-order valence-electron chi connectivity index (χ4n) is 2.45. The molecule has 132 valence electrons. The number of Topliss-reactive ketones (excluding diaryl/α,β-unsaturated/α-hetero) is 1. The van der Waals surface area contributed by atoms with Crippen molar-refractivity contribution in [3.8, 4) is 11.8 Å². The van der Waals surface area contributed by atoms with Crippen LogP contribution in [-0.2, 0) is 4.79 Å². The van der Waals surface area contributed by atoms with Crippen molar-refractivity contribution in [3.63, 3.8) is 0 Å². The summed E-state index contributed by atoms with van der Waals surface area (Å²) in [5.74, 6) is -0.962. The number of thiazole rings is 1. The minimum Gasteiger partial charge on any atom is -0.297 e. The molecule has 3 aromatic rings. The maximum Gasteiger partial charge on any atom is 0.214 e. The van der Waals surface area contributed by atoms with E-state index in [2.05, 4.69) is 20.5 Å². The quantitative estimate of drug-likeness (QED) is 0.603. The summed E-state index contributed by atoms with van der Waals surface area (Å²) >= 11 is 2.55.